The molecule has 0 radical (unpaired) electrons. The van der Waals surface area contributed by atoms with E-state index in [9.17, 15) is 0 Å². The third-order valence-electron chi connectivity index (χ3n) is 7.12. The van der Waals surface area contributed by atoms with Crippen molar-refractivity contribution < 1.29 is 0 Å². The van der Waals surface area contributed by atoms with Crippen molar-refractivity contribution in [1.82, 2.24) is 9.97 Å². The van der Waals surface area contributed by atoms with E-state index in [1.54, 1.807) is 12.4 Å². The van der Waals surface area contributed by atoms with Gasteiger partial charge in [0.05, 0.1) is 0 Å². The SMILES string of the molecule is Cc1ccccc1N1c2nccnc2N2c3ccccc3C3(C)C=CC3(C)C12. The number of aryl methyl sites for hydroxylation is 1. The molecule has 3 unspecified atom stereocenters. The first kappa shape index (κ1) is 15.9. The number of hydrogen-bond acceptors (Lipinski definition) is 4. The van der Waals surface area contributed by atoms with Crippen LogP contribution in [0.3, 0.4) is 0 Å². The summed E-state index contributed by atoms with van der Waals surface area (Å²) in [6.45, 7) is 6.91. The zero-order chi connectivity index (χ0) is 19.1. The smallest absolute Gasteiger partial charge is 0.178 e. The van der Waals surface area contributed by atoms with Crippen LogP contribution in [0.5, 0.6) is 0 Å². The summed E-state index contributed by atoms with van der Waals surface area (Å²) >= 11 is 0. The maximum Gasteiger partial charge on any atom is 0.178 e. The fourth-order valence-electron chi connectivity index (χ4n) is 5.33. The lowest BCUT2D eigenvalue weighted by atomic mass is 9.50. The highest BCUT2D eigenvalue weighted by atomic mass is 15.5. The van der Waals surface area contributed by atoms with E-state index in [0.717, 1.165) is 11.6 Å². The Hall–Kier alpha value is -3.14. The topological polar surface area (TPSA) is 32.3 Å². The molecule has 4 heteroatoms. The number of aromatic nitrogens is 2. The van der Waals surface area contributed by atoms with E-state index in [-0.39, 0.29) is 17.0 Å². The molecular formula is C24H22N4. The summed E-state index contributed by atoms with van der Waals surface area (Å²) in [6.07, 6.45) is 8.43. The van der Waals surface area contributed by atoms with Gasteiger partial charge in [-0.3, -0.25) is 0 Å². The molecule has 3 aromatic rings. The number of para-hydroxylation sites is 2. The molecule has 0 N–H and O–H groups in total. The molecule has 2 aliphatic heterocycles. The lowest BCUT2D eigenvalue weighted by molar-refractivity contribution is 0.174. The van der Waals surface area contributed by atoms with Crippen LogP contribution in [0, 0.1) is 12.3 Å². The van der Waals surface area contributed by atoms with Gasteiger partial charge in [0.1, 0.15) is 6.17 Å². The molecular weight excluding hydrogens is 344 g/mol. The third-order valence-corrected chi connectivity index (χ3v) is 7.12. The predicted octanol–water partition coefficient (Wildman–Crippen LogP) is 5.25. The number of hydrogen-bond donors (Lipinski definition) is 0. The van der Waals surface area contributed by atoms with Crippen LogP contribution in [0.25, 0.3) is 0 Å². The standard InChI is InChI=1S/C24H22N4/c1-16-8-4-6-10-18(16)27-20-21(26-15-14-25-20)28-19-11-7-5-9-17(19)23(2)12-13-24(23,3)22(27)28/h4-15,22H,1-3H3. The van der Waals surface area contributed by atoms with Gasteiger partial charge in [0.25, 0.3) is 0 Å². The minimum Gasteiger partial charge on any atom is -0.301 e. The first-order valence-electron chi connectivity index (χ1n) is 9.81. The van der Waals surface area contributed by atoms with Gasteiger partial charge in [-0.25, -0.2) is 9.97 Å². The summed E-state index contributed by atoms with van der Waals surface area (Å²) in [7, 11) is 0. The van der Waals surface area contributed by atoms with E-state index >= 15 is 0 Å². The second kappa shape index (κ2) is 5.02. The van der Waals surface area contributed by atoms with Gasteiger partial charge >= 0.3 is 0 Å². The zero-order valence-electron chi connectivity index (χ0n) is 16.3. The van der Waals surface area contributed by atoms with E-state index in [0.29, 0.717) is 0 Å². The van der Waals surface area contributed by atoms with E-state index in [1.807, 2.05) is 0 Å². The van der Waals surface area contributed by atoms with E-state index in [1.165, 1.54) is 22.5 Å². The highest BCUT2D eigenvalue weighted by molar-refractivity contribution is 5.88. The van der Waals surface area contributed by atoms with Crippen LogP contribution < -0.4 is 9.80 Å². The van der Waals surface area contributed by atoms with Crippen molar-refractivity contribution >= 4 is 23.0 Å². The summed E-state index contributed by atoms with van der Waals surface area (Å²) in [6, 6.07) is 17.3. The molecule has 3 aliphatic rings. The summed E-state index contributed by atoms with van der Waals surface area (Å²) in [4.78, 5) is 14.4. The quantitative estimate of drug-likeness (QED) is 0.551. The molecule has 138 valence electrons. The number of anilines is 4. The Balaban J connectivity index is 1.70. The molecule has 1 aliphatic carbocycles. The van der Waals surface area contributed by atoms with Gasteiger partial charge in [0.2, 0.25) is 0 Å². The molecule has 3 heterocycles. The van der Waals surface area contributed by atoms with Crippen LogP contribution in [0.2, 0.25) is 0 Å². The molecule has 3 atom stereocenters. The Morgan fingerprint density at radius 1 is 0.786 bits per heavy atom. The predicted molar refractivity (Wildman–Crippen MR) is 112 cm³/mol. The average Bonchev–Trinajstić information content (AvgIpc) is 3.06. The second-order valence-corrected chi connectivity index (χ2v) is 8.44. The zero-order valence-corrected chi connectivity index (χ0v) is 16.3. The van der Waals surface area contributed by atoms with Crippen LogP contribution in [0.1, 0.15) is 25.0 Å². The highest BCUT2D eigenvalue weighted by Gasteiger charge is 2.64. The maximum atomic E-state index is 4.79. The second-order valence-electron chi connectivity index (χ2n) is 8.44. The Labute approximate surface area is 165 Å². The normalized spacial score (nSPS) is 28.9. The molecule has 0 saturated carbocycles. The number of rotatable bonds is 1. The lowest BCUT2D eigenvalue weighted by Crippen LogP contribution is -2.64. The van der Waals surface area contributed by atoms with Gasteiger partial charge in [-0.15, -0.1) is 0 Å². The molecule has 2 aromatic carbocycles. The molecule has 4 nitrogen and oxygen atoms in total. The van der Waals surface area contributed by atoms with Gasteiger partial charge in [-0.2, -0.15) is 0 Å². The van der Waals surface area contributed by atoms with Crippen LogP contribution in [0.15, 0.2) is 73.1 Å². The summed E-state index contributed by atoms with van der Waals surface area (Å²) < 4.78 is 0. The first-order valence-corrected chi connectivity index (χ1v) is 9.81. The highest BCUT2D eigenvalue weighted by Crippen LogP contribution is 2.66. The Kier molecular flexibility index (Phi) is 2.84. The molecule has 6 rings (SSSR count). The number of nitrogens with zero attached hydrogens (tertiary/aromatic N) is 4. The van der Waals surface area contributed by atoms with Crippen molar-refractivity contribution in [3.05, 3.63) is 84.2 Å². The molecule has 1 aromatic heterocycles. The summed E-state index contributed by atoms with van der Waals surface area (Å²) in [5, 5.41) is 0. The largest absolute Gasteiger partial charge is 0.301 e. The van der Waals surface area contributed by atoms with Gasteiger partial charge in [0, 0.05) is 34.6 Å². The minimum absolute atomic E-state index is 0.0201. The van der Waals surface area contributed by atoms with E-state index in [2.05, 4.69) is 91.3 Å². The molecule has 0 amide bonds. The molecule has 0 fully saturated rings. The van der Waals surface area contributed by atoms with Crippen LogP contribution >= 0.6 is 0 Å². The van der Waals surface area contributed by atoms with Crippen LogP contribution in [-0.4, -0.2) is 16.1 Å². The average molecular weight is 366 g/mol. The van der Waals surface area contributed by atoms with Gasteiger partial charge < -0.3 is 9.80 Å². The number of allylic oxidation sites excluding steroid dienone is 1. The van der Waals surface area contributed by atoms with Crippen LogP contribution in [-0.2, 0) is 5.41 Å². The molecule has 0 saturated heterocycles. The Bertz CT molecular complexity index is 1150. The monoisotopic (exact) mass is 366 g/mol. The van der Waals surface area contributed by atoms with Crippen LogP contribution in [0.4, 0.5) is 23.0 Å². The fourth-order valence-corrected chi connectivity index (χ4v) is 5.33. The minimum atomic E-state index is -0.0635. The lowest BCUT2D eigenvalue weighted by Gasteiger charge is -2.61. The molecule has 0 bridgehead atoms. The van der Waals surface area contributed by atoms with E-state index < -0.39 is 0 Å². The molecule has 0 spiro atoms. The van der Waals surface area contributed by atoms with Crippen molar-refractivity contribution in [1.29, 1.82) is 0 Å². The Morgan fingerprint density at radius 3 is 2.04 bits per heavy atom. The van der Waals surface area contributed by atoms with Crippen molar-refractivity contribution in [2.75, 3.05) is 9.80 Å². The van der Waals surface area contributed by atoms with Crippen molar-refractivity contribution in [2.24, 2.45) is 5.41 Å². The fraction of sp³-hybridized carbons (Fsp3) is 0.250. The van der Waals surface area contributed by atoms with Crippen molar-refractivity contribution in [2.45, 2.75) is 32.4 Å². The number of benzene rings is 2. The first-order chi connectivity index (χ1) is 13.6. The maximum absolute atomic E-state index is 4.79. The third kappa shape index (κ3) is 1.63. The Morgan fingerprint density at radius 2 is 1.39 bits per heavy atom. The van der Waals surface area contributed by atoms with Crippen molar-refractivity contribution in [3.63, 3.8) is 0 Å². The van der Waals surface area contributed by atoms with Crippen molar-refractivity contribution in [3.8, 4) is 0 Å². The number of fused-ring (bicyclic) bond motifs is 8. The summed E-state index contributed by atoms with van der Waals surface area (Å²) in [5.41, 5.74) is 4.95. The molecule has 28 heavy (non-hydrogen) atoms. The van der Waals surface area contributed by atoms with Gasteiger partial charge in [-0.05, 0) is 30.2 Å². The van der Waals surface area contributed by atoms with Gasteiger partial charge in [0.15, 0.2) is 11.6 Å². The van der Waals surface area contributed by atoms with E-state index in [4.69, 9.17) is 9.97 Å². The summed E-state index contributed by atoms with van der Waals surface area (Å²) in [5.74, 6) is 1.87. The van der Waals surface area contributed by atoms with Gasteiger partial charge in [-0.1, -0.05) is 62.4 Å².